The van der Waals surface area contributed by atoms with Crippen molar-refractivity contribution in [2.24, 2.45) is 0 Å². The predicted octanol–water partition coefficient (Wildman–Crippen LogP) is 0.287. The summed E-state index contributed by atoms with van der Waals surface area (Å²) in [6.07, 6.45) is 1.86. The minimum atomic E-state index is -0.178. The highest BCUT2D eigenvalue weighted by atomic mass is 16.1. The van der Waals surface area contributed by atoms with Crippen LogP contribution in [0.4, 0.5) is 0 Å². The monoisotopic (exact) mass is 155 g/mol. The first-order valence-corrected chi connectivity index (χ1v) is 4.02. The highest BCUT2D eigenvalue weighted by molar-refractivity contribution is 5.94. The molecule has 1 N–H and O–H groups in total. The Morgan fingerprint density at radius 1 is 1.73 bits per heavy atom. The van der Waals surface area contributed by atoms with Gasteiger partial charge in [0.1, 0.15) is 11.6 Å². The summed E-state index contributed by atoms with van der Waals surface area (Å²) in [7, 11) is 0. The second-order valence-corrected chi connectivity index (χ2v) is 2.89. The van der Waals surface area contributed by atoms with E-state index >= 15 is 0 Å². The molecule has 3 heteroatoms. The van der Waals surface area contributed by atoms with Crippen LogP contribution in [-0.2, 0) is 9.59 Å². The Morgan fingerprint density at radius 3 is 2.91 bits per heavy atom. The number of Topliss-reactive ketones (excluding diaryl/α,β-unsaturated/α-hetero) is 2. The fourth-order valence-corrected chi connectivity index (χ4v) is 1.26. The van der Waals surface area contributed by atoms with Crippen molar-refractivity contribution in [3.05, 3.63) is 0 Å². The molecule has 1 heterocycles. The van der Waals surface area contributed by atoms with Crippen molar-refractivity contribution in [2.75, 3.05) is 6.54 Å². The first kappa shape index (κ1) is 8.40. The van der Waals surface area contributed by atoms with Crippen LogP contribution in [0.3, 0.4) is 0 Å². The smallest absolute Gasteiger partial charge is 0.150 e. The Kier molecular flexibility index (Phi) is 2.76. The van der Waals surface area contributed by atoms with Crippen molar-refractivity contribution >= 4 is 11.6 Å². The van der Waals surface area contributed by atoms with Gasteiger partial charge in [0.25, 0.3) is 0 Å². The number of ketones is 2. The SMILES string of the molecule is CCCC(=O)[C@@H]1CC(=O)CN1. The fourth-order valence-electron chi connectivity index (χ4n) is 1.26. The summed E-state index contributed by atoms with van der Waals surface area (Å²) in [4.78, 5) is 21.9. The van der Waals surface area contributed by atoms with Gasteiger partial charge in [-0.15, -0.1) is 0 Å². The van der Waals surface area contributed by atoms with E-state index in [9.17, 15) is 9.59 Å². The van der Waals surface area contributed by atoms with Crippen LogP contribution in [0.15, 0.2) is 0 Å². The normalized spacial score (nSPS) is 24.1. The fraction of sp³-hybridized carbons (Fsp3) is 0.750. The molecule has 1 fully saturated rings. The molecule has 1 atom stereocenters. The molecule has 1 rings (SSSR count). The molecular weight excluding hydrogens is 142 g/mol. The summed E-state index contributed by atoms with van der Waals surface area (Å²) in [6.45, 7) is 2.34. The van der Waals surface area contributed by atoms with E-state index in [2.05, 4.69) is 5.32 Å². The van der Waals surface area contributed by atoms with E-state index in [1.807, 2.05) is 6.92 Å². The van der Waals surface area contributed by atoms with Gasteiger partial charge in [-0.1, -0.05) is 6.92 Å². The second-order valence-electron chi connectivity index (χ2n) is 2.89. The number of nitrogens with one attached hydrogen (secondary N) is 1. The maximum absolute atomic E-state index is 11.2. The number of rotatable bonds is 3. The third kappa shape index (κ3) is 2.12. The Hall–Kier alpha value is -0.700. The molecule has 0 radical (unpaired) electrons. The molecule has 3 nitrogen and oxygen atoms in total. The average Bonchev–Trinajstić information content (AvgIpc) is 2.36. The van der Waals surface area contributed by atoms with Gasteiger partial charge in [-0.2, -0.15) is 0 Å². The Bertz CT molecular complexity index is 177. The molecule has 1 aliphatic rings. The molecular formula is C8H13NO2. The second kappa shape index (κ2) is 3.62. The lowest BCUT2D eigenvalue weighted by Crippen LogP contribution is -2.30. The van der Waals surface area contributed by atoms with Crippen molar-refractivity contribution in [3.8, 4) is 0 Å². The highest BCUT2D eigenvalue weighted by Gasteiger charge is 2.26. The van der Waals surface area contributed by atoms with E-state index in [4.69, 9.17) is 0 Å². The van der Waals surface area contributed by atoms with Gasteiger partial charge in [0.05, 0.1) is 12.6 Å². The molecule has 0 aromatic rings. The third-order valence-corrected chi connectivity index (χ3v) is 1.86. The molecule has 1 aliphatic heterocycles. The quantitative estimate of drug-likeness (QED) is 0.637. The minimum absolute atomic E-state index is 0.152. The van der Waals surface area contributed by atoms with Gasteiger partial charge in [-0.05, 0) is 6.42 Å². The zero-order chi connectivity index (χ0) is 8.27. The Morgan fingerprint density at radius 2 is 2.45 bits per heavy atom. The molecule has 0 aromatic carbocycles. The molecule has 0 aliphatic carbocycles. The average molecular weight is 155 g/mol. The van der Waals surface area contributed by atoms with E-state index in [0.29, 0.717) is 19.4 Å². The number of hydrogen-bond donors (Lipinski definition) is 1. The van der Waals surface area contributed by atoms with Gasteiger partial charge in [0.15, 0.2) is 0 Å². The van der Waals surface area contributed by atoms with Crippen molar-refractivity contribution in [2.45, 2.75) is 32.2 Å². The van der Waals surface area contributed by atoms with Gasteiger partial charge in [0, 0.05) is 12.8 Å². The van der Waals surface area contributed by atoms with Crippen LogP contribution in [0.5, 0.6) is 0 Å². The van der Waals surface area contributed by atoms with Crippen molar-refractivity contribution in [1.29, 1.82) is 0 Å². The van der Waals surface area contributed by atoms with E-state index in [1.165, 1.54) is 0 Å². The molecule has 0 spiro atoms. The maximum atomic E-state index is 11.2. The summed E-state index contributed by atoms with van der Waals surface area (Å²) in [5.74, 6) is 0.331. The Labute approximate surface area is 66.2 Å². The summed E-state index contributed by atoms with van der Waals surface area (Å²) >= 11 is 0. The lowest BCUT2D eigenvalue weighted by Gasteiger charge is -2.05. The number of carbonyl (C=O) groups excluding carboxylic acids is 2. The van der Waals surface area contributed by atoms with Gasteiger partial charge in [-0.3, -0.25) is 9.59 Å². The summed E-state index contributed by atoms with van der Waals surface area (Å²) in [5.41, 5.74) is 0. The third-order valence-electron chi connectivity index (χ3n) is 1.86. The largest absolute Gasteiger partial charge is 0.300 e. The highest BCUT2D eigenvalue weighted by Crippen LogP contribution is 2.05. The topological polar surface area (TPSA) is 46.2 Å². The molecule has 0 aromatic heterocycles. The molecule has 0 unspecified atom stereocenters. The van der Waals surface area contributed by atoms with E-state index in [-0.39, 0.29) is 17.6 Å². The Balaban J connectivity index is 2.37. The lowest BCUT2D eigenvalue weighted by atomic mass is 10.1. The van der Waals surface area contributed by atoms with Crippen LogP contribution in [0.2, 0.25) is 0 Å². The zero-order valence-corrected chi connectivity index (χ0v) is 6.72. The van der Waals surface area contributed by atoms with E-state index < -0.39 is 0 Å². The minimum Gasteiger partial charge on any atom is -0.300 e. The van der Waals surface area contributed by atoms with Crippen molar-refractivity contribution in [1.82, 2.24) is 5.32 Å². The molecule has 0 saturated carbocycles. The molecule has 62 valence electrons. The molecule has 0 amide bonds. The first-order valence-electron chi connectivity index (χ1n) is 4.02. The maximum Gasteiger partial charge on any atom is 0.150 e. The zero-order valence-electron chi connectivity index (χ0n) is 6.72. The van der Waals surface area contributed by atoms with E-state index in [0.717, 1.165) is 6.42 Å². The first-order chi connectivity index (χ1) is 5.24. The van der Waals surface area contributed by atoms with Gasteiger partial charge in [-0.25, -0.2) is 0 Å². The standard InChI is InChI=1S/C8H13NO2/c1-2-3-8(11)7-4-6(10)5-9-7/h7,9H,2-5H2,1H3/t7-/m0/s1. The van der Waals surface area contributed by atoms with Crippen molar-refractivity contribution < 1.29 is 9.59 Å². The molecule has 1 saturated heterocycles. The van der Waals surface area contributed by atoms with Crippen LogP contribution >= 0.6 is 0 Å². The molecule has 0 bridgehead atoms. The lowest BCUT2D eigenvalue weighted by molar-refractivity contribution is -0.122. The van der Waals surface area contributed by atoms with Crippen LogP contribution in [0, 0.1) is 0 Å². The molecule has 11 heavy (non-hydrogen) atoms. The van der Waals surface area contributed by atoms with Gasteiger partial charge < -0.3 is 5.32 Å². The summed E-state index contributed by atoms with van der Waals surface area (Å²) in [5, 5.41) is 2.89. The predicted molar refractivity (Wildman–Crippen MR) is 41.3 cm³/mol. The van der Waals surface area contributed by atoms with Crippen molar-refractivity contribution in [3.63, 3.8) is 0 Å². The van der Waals surface area contributed by atoms with Gasteiger partial charge in [0.2, 0.25) is 0 Å². The van der Waals surface area contributed by atoms with Crippen LogP contribution in [0.25, 0.3) is 0 Å². The van der Waals surface area contributed by atoms with Crippen LogP contribution in [-0.4, -0.2) is 24.2 Å². The van der Waals surface area contributed by atoms with Gasteiger partial charge >= 0.3 is 0 Å². The van der Waals surface area contributed by atoms with Crippen LogP contribution < -0.4 is 5.32 Å². The summed E-state index contributed by atoms with van der Waals surface area (Å²) in [6, 6.07) is -0.178. The number of carbonyl (C=O) groups is 2. The van der Waals surface area contributed by atoms with E-state index in [1.54, 1.807) is 0 Å². The van der Waals surface area contributed by atoms with Crippen LogP contribution in [0.1, 0.15) is 26.2 Å². The number of hydrogen-bond acceptors (Lipinski definition) is 3. The summed E-state index contributed by atoms with van der Waals surface area (Å²) < 4.78 is 0.